The average Bonchev–Trinajstić information content (AvgIpc) is 4.15. The maximum Gasteiger partial charge on any atom is 0.268 e. The van der Waals surface area contributed by atoms with Crippen molar-refractivity contribution in [2.24, 2.45) is 0 Å². The van der Waals surface area contributed by atoms with Gasteiger partial charge in [0.05, 0.1) is 44.5 Å². The van der Waals surface area contributed by atoms with Crippen molar-refractivity contribution >= 4 is 65.4 Å². The van der Waals surface area contributed by atoms with E-state index in [-0.39, 0.29) is 5.41 Å². The van der Waals surface area contributed by atoms with E-state index in [1.165, 1.54) is 21.7 Å². The molecule has 0 unspecified atom stereocenters. The Morgan fingerprint density at radius 2 is 1.04 bits per heavy atom. The molecule has 0 saturated carbocycles. The predicted molar refractivity (Wildman–Crippen MR) is 272 cm³/mol. The van der Waals surface area contributed by atoms with Crippen molar-refractivity contribution in [2.45, 2.75) is 26.2 Å². The molecule has 0 spiro atoms. The number of fused-ring (bicyclic) bond motifs is 12. The fourth-order valence-electron chi connectivity index (χ4n) is 10.2. The summed E-state index contributed by atoms with van der Waals surface area (Å²) in [7, 11) is 0. The molecule has 0 N–H and O–H groups in total. The zero-order valence-electron chi connectivity index (χ0n) is 37.3. The molecule has 0 aliphatic rings. The van der Waals surface area contributed by atoms with E-state index in [1.807, 2.05) is 58.1 Å². The Bertz CT molecular complexity index is 4040. The van der Waals surface area contributed by atoms with Crippen LogP contribution in [0.3, 0.4) is 0 Å². The minimum atomic E-state index is -0.109. The highest BCUT2D eigenvalue weighted by atomic mass is 16.5. The van der Waals surface area contributed by atoms with E-state index in [0.717, 1.165) is 89.3 Å². The van der Waals surface area contributed by atoms with Crippen LogP contribution in [-0.2, 0) is 5.41 Å². The number of pyridine rings is 1. The molecule has 8 aromatic carbocycles. The van der Waals surface area contributed by atoms with Crippen LogP contribution < -0.4 is 9.30 Å². The molecule has 320 valence electrons. The lowest BCUT2D eigenvalue weighted by Gasteiger charge is -2.20. The van der Waals surface area contributed by atoms with E-state index in [9.17, 15) is 0 Å². The van der Waals surface area contributed by atoms with Crippen molar-refractivity contribution in [1.82, 2.24) is 23.3 Å². The third-order valence-electron chi connectivity index (χ3n) is 13.2. The van der Waals surface area contributed by atoms with Gasteiger partial charge in [-0.05, 0) is 102 Å². The molecule has 0 amide bonds. The highest BCUT2D eigenvalue weighted by Crippen LogP contribution is 2.50. The molecule has 5 heterocycles. The number of rotatable bonds is 7. The molecule has 0 fully saturated rings. The van der Waals surface area contributed by atoms with Crippen LogP contribution in [0.1, 0.15) is 26.3 Å². The number of hydrogen-bond acceptors (Lipinski definition) is 2. The molecule has 7 heteroatoms. The topological polar surface area (TPSA) is 45.7 Å². The molecule has 0 atom stereocenters. The lowest BCUT2D eigenvalue weighted by molar-refractivity contribution is -0.599. The van der Waals surface area contributed by atoms with Gasteiger partial charge in [0.25, 0.3) is 6.33 Å². The molecule has 0 aliphatic heterocycles. The highest BCUT2D eigenvalue weighted by Gasteiger charge is 2.29. The molecule has 0 radical (unpaired) electrons. The minimum Gasteiger partial charge on any atom is -0.458 e. The third-order valence-corrected chi connectivity index (χ3v) is 13.2. The Morgan fingerprint density at radius 3 is 1.72 bits per heavy atom. The van der Waals surface area contributed by atoms with Gasteiger partial charge in [0.1, 0.15) is 17.3 Å². The molecule has 0 saturated heterocycles. The monoisotopic (exact) mass is 864 g/mol. The second-order valence-electron chi connectivity index (χ2n) is 18.3. The fourth-order valence-corrected chi connectivity index (χ4v) is 10.2. The summed E-state index contributed by atoms with van der Waals surface area (Å²) in [6, 6.07) is 68.7. The summed E-state index contributed by atoms with van der Waals surface area (Å²) in [4.78, 5) is 5.23. The summed E-state index contributed by atoms with van der Waals surface area (Å²) in [6.45, 7) is 6.79. The summed E-state index contributed by atoms with van der Waals surface area (Å²) in [5, 5.41) is 6.98. The molecule has 13 rings (SSSR count). The van der Waals surface area contributed by atoms with Crippen molar-refractivity contribution in [1.29, 1.82) is 0 Å². The van der Waals surface area contributed by atoms with Gasteiger partial charge in [-0.2, -0.15) is 0 Å². The van der Waals surface area contributed by atoms with E-state index in [1.54, 1.807) is 0 Å². The van der Waals surface area contributed by atoms with E-state index in [0.29, 0.717) is 0 Å². The molecule has 7 nitrogen and oxygen atoms in total. The van der Waals surface area contributed by atoms with Crippen LogP contribution in [0.25, 0.3) is 94.0 Å². The van der Waals surface area contributed by atoms with Crippen molar-refractivity contribution in [3.63, 3.8) is 0 Å². The van der Waals surface area contributed by atoms with E-state index in [4.69, 9.17) is 9.72 Å². The van der Waals surface area contributed by atoms with Crippen LogP contribution in [0.2, 0.25) is 0 Å². The second-order valence-corrected chi connectivity index (χ2v) is 18.3. The fraction of sp³-hybridized carbons (Fsp3) is 0.0667. The van der Waals surface area contributed by atoms with Crippen molar-refractivity contribution in [3.8, 4) is 40.1 Å². The van der Waals surface area contributed by atoms with Gasteiger partial charge < -0.3 is 13.9 Å². The molecule has 5 aromatic heterocycles. The molecular weight excluding hydrogens is 821 g/mol. The maximum atomic E-state index is 6.87. The van der Waals surface area contributed by atoms with Gasteiger partial charge in [-0.25, -0.2) is 4.98 Å². The Morgan fingerprint density at radius 1 is 0.478 bits per heavy atom. The van der Waals surface area contributed by atoms with Gasteiger partial charge in [-0.1, -0.05) is 118 Å². The van der Waals surface area contributed by atoms with Crippen LogP contribution in [0, 0.1) is 6.33 Å². The maximum absolute atomic E-state index is 6.87. The Kier molecular flexibility index (Phi) is 8.64. The first-order chi connectivity index (χ1) is 32.9. The Labute approximate surface area is 387 Å². The molecule has 0 aliphatic carbocycles. The van der Waals surface area contributed by atoms with Crippen LogP contribution >= 0.6 is 0 Å². The third kappa shape index (κ3) is 6.12. The summed E-state index contributed by atoms with van der Waals surface area (Å²) in [5.74, 6) is 2.30. The van der Waals surface area contributed by atoms with Crippen molar-refractivity contribution in [2.75, 3.05) is 0 Å². The zero-order chi connectivity index (χ0) is 44.8. The first kappa shape index (κ1) is 38.8. The average molecular weight is 865 g/mol. The van der Waals surface area contributed by atoms with Gasteiger partial charge in [0, 0.05) is 68.3 Å². The van der Waals surface area contributed by atoms with Crippen molar-refractivity contribution < 1.29 is 9.30 Å². The minimum absolute atomic E-state index is 0.109. The molecular formula is C60H44N6O. The number of para-hydroxylation sites is 5. The quantitative estimate of drug-likeness (QED) is 0.118. The Balaban J connectivity index is 1.15. The van der Waals surface area contributed by atoms with Crippen LogP contribution in [0.4, 0.5) is 0 Å². The van der Waals surface area contributed by atoms with Crippen LogP contribution in [0.15, 0.2) is 213 Å². The summed E-state index contributed by atoms with van der Waals surface area (Å²) in [6.07, 6.45) is 9.45. The van der Waals surface area contributed by atoms with E-state index >= 15 is 0 Å². The van der Waals surface area contributed by atoms with E-state index < -0.39 is 0 Å². The summed E-state index contributed by atoms with van der Waals surface area (Å²) < 4.78 is 18.2. The van der Waals surface area contributed by atoms with Crippen molar-refractivity contribution in [3.05, 3.63) is 225 Å². The van der Waals surface area contributed by atoms with Crippen LogP contribution in [-0.4, -0.2) is 23.3 Å². The Hall–Kier alpha value is -8.68. The van der Waals surface area contributed by atoms with Gasteiger partial charge >= 0.3 is 0 Å². The van der Waals surface area contributed by atoms with Crippen LogP contribution in [0.5, 0.6) is 11.5 Å². The molecule has 67 heavy (non-hydrogen) atoms. The van der Waals surface area contributed by atoms with Gasteiger partial charge in [0.15, 0.2) is 0 Å². The zero-order valence-corrected chi connectivity index (χ0v) is 37.3. The van der Waals surface area contributed by atoms with E-state index in [2.05, 4.69) is 205 Å². The summed E-state index contributed by atoms with van der Waals surface area (Å²) >= 11 is 0. The number of hydrogen-bond donors (Lipinski definition) is 0. The second kappa shape index (κ2) is 14.9. The molecule has 0 bridgehead atoms. The smallest absolute Gasteiger partial charge is 0.268 e. The summed E-state index contributed by atoms with van der Waals surface area (Å²) in [5.41, 5.74) is 12.0. The normalized spacial score (nSPS) is 12.1. The van der Waals surface area contributed by atoms with Gasteiger partial charge in [-0.3, -0.25) is 13.7 Å². The number of ether oxygens (including phenoxy) is 1. The number of nitrogens with zero attached hydrogens (tertiary/aromatic N) is 6. The number of benzene rings is 8. The number of aromatic nitrogens is 6. The predicted octanol–water partition coefficient (Wildman–Crippen LogP) is 14.3. The molecule has 13 aromatic rings. The lowest BCUT2D eigenvalue weighted by Crippen LogP contribution is -2.28. The first-order valence-electron chi connectivity index (χ1n) is 22.8. The lowest BCUT2D eigenvalue weighted by atomic mass is 9.88. The largest absolute Gasteiger partial charge is 0.458 e. The number of imidazole rings is 1. The van der Waals surface area contributed by atoms with Gasteiger partial charge in [0.2, 0.25) is 0 Å². The van der Waals surface area contributed by atoms with Gasteiger partial charge in [-0.15, -0.1) is 0 Å². The standard InChI is InChI=1S/C60H44N6O/c1-60(2,3)40-32-33-61-53(36-40)66-52-38-46(67-45-25-17-24-44(37-45)63-35-34-62(39-63)41-18-7-4-8-19-41)30-31-49(52)54-55-47-26-13-15-28-50(47)64(42-20-9-5-10-21-42)58(55)59-56(57(54)66)48-27-14-16-29-51(48)65(59)43-22-11-6-12-23-43/h4-38H,1-3H3. The first-order valence-corrected chi connectivity index (χ1v) is 22.8. The highest BCUT2D eigenvalue weighted by molar-refractivity contribution is 6.40. The SMILES string of the molecule is CC(C)(C)c1ccnc(-n2c3cc(Oc4cccc(-[n+]5[c-]n(-c6ccccc6)cc5)c4)ccc3c3c4c5ccccc5n(-c5ccccc5)c4c4c(c5ccccc5n4-c4ccccc4)c32)c1.